The van der Waals surface area contributed by atoms with E-state index >= 15 is 0 Å². The van der Waals surface area contributed by atoms with E-state index in [-0.39, 0.29) is 28.3 Å². The molecule has 9 heteroatoms. The third-order valence-corrected chi connectivity index (χ3v) is 2.91. The van der Waals surface area contributed by atoms with Gasteiger partial charge in [0, 0.05) is 6.20 Å². The minimum Gasteiger partial charge on any atom is -0.478 e. The van der Waals surface area contributed by atoms with Crippen LogP contribution in [0, 0.1) is 35.3 Å². The first-order valence-corrected chi connectivity index (χ1v) is 5.71. The number of carboxylic acid groups (broad SMARTS) is 1. The summed E-state index contributed by atoms with van der Waals surface area (Å²) in [6, 6.07) is 2.93. The first kappa shape index (κ1) is 14.1. The van der Waals surface area contributed by atoms with Gasteiger partial charge in [-0.2, -0.15) is 10.4 Å². The predicted molar refractivity (Wildman–Crippen MR) is 69.2 cm³/mol. The lowest BCUT2D eigenvalue weighted by Gasteiger charge is -2.05. The molecule has 106 valence electrons. The number of rotatable bonds is 3. The van der Waals surface area contributed by atoms with Crippen LogP contribution in [0.15, 0.2) is 12.3 Å². The summed E-state index contributed by atoms with van der Waals surface area (Å²) in [7, 11) is 0. The highest BCUT2D eigenvalue weighted by Crippen LogP contribution is 2.26. The van der Waals surface area contributed by atoms with E-state index in [4.69, 9.17) is 10.4 Å². The van der Waals surface area contributed by atoms with Crippen LogP contribution < -0.4 is 0 Å². The van der Waals surface area contributed by atoms with E-state index in [9.17, 15) is 14.9 Å². The van der Waals surface area contributed by atoms with Crippen LogP contribution in [0.3, 0.4) is 0 Å². The normalized spacial score (nSPS) is 10.1. The standard InChI is InChI=1S/C12H9N5O4/c1-6-9(12(18)19)7(2)16(15-6)11-10(17(20)21)8(5-13)3-4-14-11/h3-4H,1-2H3,(H,18,19). The molecule has 9 nitrogen and oxygen atoms in total. The number of carbonyl (C=O) groups is 1. The average Bonchev–Trinajstić information content (AvgIpc) is 2.72. The molecule has 0 fully saturated rings. The summed E-state index contributed by atoms with van der Waals surface area (Å²) in [6.07, 6.45) is 1.23. The Hall–Kier alpha value is -3.28. The molecule has 0 saturated heterocycles. The molecule has 2 rings (SSSR count). The maximum atomic E-state index is 11.2. The topological polar surface area (TPSA) is 135 Å². The van der Waals surface area contributed by atoms with Crippen LogP contribution in [-0.2, 0) is 0 Å². The summed E-state index contributed by atoms with van der Waals surface area (Å²) in [5.74, 6) is -1.37. The van der Waals surface area contributed by atoms with Gasteiger partial charge < -0.3 is 5.11 Å². The van der Waals surface area contributed by atoms with Crippen LogP contribution >= 0.6 is 0 Å². The molecule has 0 amide bonds. The lowest BCUT2D eigenvalue weighted by molar-refractivity contribution is -0.385. The molecule has 0 aliphatic carbocycles. The summed E-state index contributed by atoms with van der Waals surface area (Å²) < 4.78 is 1.07. The van der Waals surface area contributed by atoms with Crippen LogP contribution in [0.2, 0.25) is 0 Å². The Morgan fingerprint density at radius 2 is 2.19 bits per heavy atom. The average molecular weight is 287 g/mol. The fourth-order valence-corrected chi connectivity index (χ4v) is 2.03. The van der Waals surface area contributed by atoms with E-state index in [1.54, 1.807) is 6.07 Å². The molecule has 0 aromatic carbocycles. The number of aryl methyl sites for hydroxylation is 1. The monoisotopic (exact) mass is 287 g/mol. The third kappa shape index (κ3) is 2.18. The number of aromatic carboxylic acids is 1. The van der Waals surface area contributed by atoms with Crippen molar-refractivity contribution in [3.8, 4) is 11.9 Å². The van der Waals surface area contributed by atoms with Crippen molar-refractivity contribution in [2.24, 2.45) is 0 Å². The molecule has 0 aliphatic rings. The smallest absolute Gasteiger partial charge is 0.339 e. The molecule has 2 aromatic rings. The first-order chi connectivity index (χ1) is 9.88. The van der Waals surface area contributed by atoms with Gasteiger partial charge in [0.05, 0.1) is 16.3 Å². The predicted octanol–water partition coefficient (Wildman–Crippen LogP) is 1.36. The van der Waals surface area contributed by atoms with E-state index in [1.807, 2.05) is 0 Å². The lowest BCUT2D eigenvalue weighted by atomic mass is 10.2. The number of carboxylic acids is 1. The Balaban J connectivity index is 2.81. The van der Waals surface area contributed by atoms with Crippen molar-refractivity contribution >= 4 is 11.7 Å². The van der Waals surface area contributed by atoms with Crippen molar-refractivity contribution in [1.82, 2.24) is 14.8 Å². The zero-order valence-electron chi connectivity index (χ0n) is 11.1. The number of nitro groups is 1. The highest BCUT2D eigenvalue weighted by molar-refractivity contribution is 5.90. The maximum absolute atomic E-state index is 11.2. The summed E-state index contributed by atoms with van der Waals surface area (Å²) in [4.78, 5) is 25.5. The van der Waals surface area contributed by atoms with Gasteiger partial charge in [0.2, 0.25) is 5.82 Å². The molecule has 0 spiro atoms. The number of aromatic nitrogens is 3. The van der Waals surface area contributed by atoms with Gasteiger partial charge in [-0.05, 0) is 19.9 Å². The van der Waals surface area contributed by atoms with Gasteiger partial charge in [-0.15, -0.1) is 0 Å². The number of hydrogen-bond acceptors (Lipinski definition) is 6. The van der Waals surface area contributed by atoms with Crippen LogP contribution in [0.1, 0.15) is 27.3 Å². The highest BCUT2D eigenvalue weighted by atomic mass is 16.6. The summed E-state index contributed by atoms with van der Waals surface area (Å²) in [5, 5.41) is 33.2. The van der Waals surface area contributed by atoms with Crippen molar-refractivity contribution in [2.45, 2.75) is 13.8 Å². The fourth-order valence-electron chi connectivity index (χ4n) is 2.03. The second-order valence-electron chi connectivity index (χ2n) is 4.16. The maximum Gasteiger partial charge on any atom is 0.339 e. The second kappa shape index (κ2) is 5.01. The largest absolute Gasteiger partial charge is 0.478 e. The third-order valence-electron chi connectivity index (χ3n) is 2.91. The molecule has 0 aliphatic heterocycles. The number of pyridine rings is 1. The van der Waals surface area contributed by atoms with Gasteiger partial charge >= 0.3 is 11.7 Å². The van der Waals surface area contributed by atoms with E-state index in [1.165, 1.54) is 26.1 Å². The van der Waals surface area contributed by atoms with E-state index < -0.39 is 16.6 Å². The zero-order valence-corrected chi connectivity index (χ0v) is 11.1. The molecule has 0 bridgehead atoms. The van der Waals surface area contributed by atoms with Crippen LogP contribution in [0.5, 0.6) is 0 Å². The SMILES string of the molecule is Cc1nn(-c2nccc(C#N)c2[N+](=O)[O-])c(C)c1C(=O)O. The van der Waals surface area contributed by atoms with E-state index in [0.29, 0.717) is 0 Å². The van der Waals surface area contributed by atoms with Gasteiger partial charge in [0.25, 0.3) is 0 Å². The van der Waals surface area contributed by atoms with Gasteiger partial charge in [0.1, 0.15) is 17.2 Å². The molecule has 0 saturated carbocycles. The molecule has 2 aromatic heterocycles. The van der Waals surface area contributed by atoms with Crippen molar-refractivity contribution < 1.29 is 14.8 Å². The molecule has 0 unspecified atom stereocenters. The Labute approximate surface area is 118 Å². The number of nitrogens with zero attached hydrogens (tertiary/aromatic N) is 5. The number of hydrogen-bond donors (Lipinski definition) is 1. The van der Waals surface area contributed by atoms with Crippen molar-refractivity contribution in [1.29, 1.82) is 5.26 Å². The zero-order chi connectivity index (χ0) is 15.7. The molecular weight excluding hydrogens is 278 g/mol. The lowest BCUT2D eigenvalue weighted by Crippen LogP contribution is -2.08. The fraction of sp³-hybridized carbons (Fsp3) is 0.167. The molecule has 0 radical (unpaired) electrons. The van der Waals surface area contributed by atoms with Crippen molar-refractivity contribution in [3.63, 3.8) is 0 Å². The quantitative estimate of drug-likeness (QED) is 0.664. The second-order valence-corrected chi connectivity index (χ2v) is 4.16. The Bertz CT molecular complexity index is 803. The summed E-state index contributed by atoms with van der Waals surface area (Å²) >= 11 is 0. The van der Waals surface area contributed by atoms with Gasteiger partial charge in [0.15, 0.2) is 0 Å². The summed E-state index contributed by atoms with van der Waals surface area (Å²) in [6.45, 7) is 2.95. The highest BCUT2D eigenvalue weighted by Gasteiger charge is 2.27. The molecule has 2 heterocycles. The Morgan fingerprint density at radius 3 is 2.67 bits per heavy atom. The van der Waals surface area contributed by atoms with Gasteiger partial charge in [-0.1, -0.05) is 0 Å². The van der Waals surface area contributed by atoms with Crippen LogP contribution in [0.4, 0.5) is 5.69 Å². The molecule has 0 atom stereocenters. The molecule has 1 N–H and O–H groups in total. The van der Waals surface area contributed by atoms with Gasteiger partial charge in [-0.25, -0.2) is 14.5 Å². The van der Waals surface area contributed by atoms with Crippen LogP contribution in [-0.4, -0.2) is 30.8 Å². The minimum atomic E-state index is -1.18. The summed E-state index contributed by atoms with van der Waals surface area (Å²) in [5.41, 5.74) is -0.324. The molecular formula is C12H9N5O4. The minimum absolute atomic E-state index is 0.0477. The van der Waals surface area contributed by atoms with E-state index in [0.717, 1.165) is 4.68 Å². The Morgan fingerprint density at radius 1 is 1.52 bits per heavy atom. The first-order valence-electron chi connectivity index (χ1n) is 5.71. The Kier molecular flexibility index (Phi) is 3.37. The van der Waals surface area contributed by atoms with Gasteiger partial charge in [-0.3, -0.25) is 10.1 Å². The van der Waals surface area contributed by atoms with E-state index in [2.05, 4.69) is 10.1 Å². The van der Waals surface area contributed by atoms with Crippen molar-refractivity contribution in [3.05, 3.63) is 44.9 Å². The number of nitriles is 1. The van der Waals surface area contributed by atoms with Crippen LogP contribution in [0.25, 0.3) is 5.82 Å². The molecule has 21 heavy (non-hydrogen) atoms. The van der Waals surface area contributed by atoms with Crippen molar-refractivity contribution in [2.75, 3.05) is 0 Å².